The lowest BCUT2D eigenvalue weighted by atomic mass is 9.70. The van der Waals surface area contributed by atoms with Crippen molar-refractivity contribution in [1.29, 1.82) is 0 Å². The van der Waals surface area contributed by atoms with Gasteiger partial charge in [0.05, 0.1) is 28.2 Å². The van der Waals surface area contributed by atoms with Crippen LogP contribution in [0.2, 0.25) is 0 Å². The number of carbonyl (C=O) groups is 2. The van der Waals surface area contributed by atoms with Crippen LogP contribution in [0.1, 0.15) is 90.0 Å². The number of nitrogens with zero attached hydrogens (tertiary/aromatic N) is 4. The maximum Gasteiger partial charge on any atom is 0.254 e. The van der Waals surface area contributed by atoms with Gasteiger partial charge in [-0.25, -0.2) is 4.98 Å². The van der Waals surface area contributed by atoms with E-state index in [2.05, 4.69) is 76.3 Å². The normalized spacial score (nSPS) is 22.6. The summed E-state index contributed by atoms with van der Waals surface area (Å²) < 4.78 is 2.52. The second-order valence-electron chi connectivity index (χ2n) is 13.3. The van der Waals surface area contributed by atoms with Gasteiger partial charge in [-0.1, -0.05) is 61.5 Å². The van der Waals surface area contributed by atoms with Crippen molar-refractivity contribution in [2.75, 3.05) is 26.2 Å². The number of nitrogens with one attached hydrogen (secondary N) is 1. The summed E-state index contributed by atoms with van der Waals surface area (Å²) in [5.74, 6) is 0.909. The van der Waals surface area contributed by atoms with Crippen LogP contribution < -0.4 is 5.32 Å². The molecule has 1 N–H and O–H groups in total. The first-order valence-electron chi connectivity index (χ1n) is 16.9. The average Bonchev–Trinajstić information content (AvgIpc) is 3.75. The van der Waals surface area contributed by atoms with Gasteiger partial charge in [-0.05, 0) is 93.7 Å². The number of piperidine rings is 1. The predicted molar refractivity (Wildman–Crippen MR) is 179 cm³/mol. The van der Waals surface area contributed by atoms with Crippen molar-refractivity contribution in [2.24, 2.45) is 0 Å². The fraction of sp³-hybridized carbons (Fsp3) is 0.447. The molecule has 4 heterocycles. The minimum Gasteiger partial charge on any atom is -0.352 e. The molecule has 3 aromatic carbocycles. The Morgan fingerprint density at radius 2 is 1.60 bits per heavy atom. The fourth-order valence-electron chi connectivity index (χ4n) is 8.60. The van der Waals surface area contributed by atoms with Gasteiger partial charge >= 0.3 is 0 Å². The van der Waals surface area contributed by atoms with Crippen molar-refractivity contribution in [3.05, 3.63) is 101 Å². The Kier molecular flexibility index (Phi) is 8.21. The first kappa shape index (κ1) is 29.7. The smallest absolute Gasteiger partial charge is 0.254 e. The topological polar surface area (TPSA) is 70.5 Å². The summed E-state index contributed by atoms with van der Waals surface area (Å²) in [6, 6.07) is 28.4. The van der Waals surface area contributed by atoms with Gasteiger partial charge in [0, 0.05) is 31.7 Å². The molecular formula is C38H45N5O2. The molecule has 3 aliphatic heterocycles. The number of fused-ring (bicyclic) bond motifs is 3. The standard InChI is InChI=1S/C38H45N5O2/c1-3-22-39-36(44)30-13-7-8-14-31(30)37(45)41-23-19-38(20-24-41,28-11-5-4-6-12-28)21-25-42-29-17-18-34(42)35(26-29)43-27(2)40-32-15-9-10-16-33(32)43/h4-16,29,34-35H,3,17-26H2,1-2H3,(H,39,44). The van der Waals surface area contributed by atoms with Gasteiger partial charge in [-0.15, -0.1) is 0 Å². The van der Waals surface area contributed by atoms with Crippen molar-refractivity contribution < 1.29 is 9.59 Å². The quantitative estimate of drug-likeness (QED) is 0.236. The van der Waals surface area contributed by atoms with Gasteiger partial charge in [-0.2, -0.15) is 0 Å². The zero-order chi connectivity index (χ0) is 31.0. The molecule has 45 heavy (non-hydrogen) atoms. The van der Waals surface area contributed by atoms with E-state index in [1.165, 1.54) is 30.3 Å². The molecule has 0 radical (unpaired) electrons. The first-order chi connectivity index (χ1) is 22.0. The maximum absolute atomic E-state index is 13.8. The lowest BCUT2D eigenvalue weighted by Crippen LogP contribution is -2.47. The van der Waals surface area contributed by atoms with E-state index >= 15 is 0 Å². The molecule has 0 saturated carbocycles. The van der Waals surface area contributed by atoms with Crippen molar-refractivity contribution in [1.82, 2.24) is 24.7 Å². The molecule has 234 valence electrons. The number of amides is 2. The molecule has 1 aromatic heterocycles. The van der Waals surface area contributed by atoms with Crippen molar-refractivity contribution >= 4 is 22.8 Å². The summed E-state index contributed by atoms with van der Waals surface area (Å²) in [6.45, 7) is 7.23. The Labute approximate surface area is 266 Å². The van der Waals surface area contributed by atoms with E-state index in [0.717, 1.165) is 43.6 Å². The van der Waals surface area contributed by atoms with Crippen molar-refractivity contribution in [3.8, 4) is 0 Å². The SMILES string of the molecule is CCCNC(=O)c1ccccc1C(=O)N1CCC(CCN2C3CCC2C(n2c(C)nc4ccccc42)C3)(c2ccccc2)CC1. The largest absolute Gasteiger partial charge is 0.352 e. The number of aromatic nitrogens is 2. The average molecular weight is 604 g/mol. The van der Waals surface area contributed by atoms with E-state index in [1.807, 2.05) is 24.0 Å². The van der Waals surface area contributed by atoms with Crippen LogP contribution >= 0.6 is 0 Å². The highest BCUT2D eigenvalue weighted by molar-refractivity contribution is 6.07. The van der Waals surface area contributed by atoms with E-state index in [9.17, 15) is 9.59 Å². The van der Waals surface area contributed by atoms with E-state index < -0.39 is 0 Å². The number of rotatable bonds is 9. The number of aryl methyl sites for hydroxylation is 1. The Morgan fingerprint density at radius 3 is 2.38 bits per heavy atom. The van der Waals surface area contributed by atoms with Gasteiger partial charge in [0.2, 0.25) is 0 Å². The third-order valence-corrected chi connectivity index (χ3v) is 10.9. The molecule has 3 fully saturated rings. The van der Waals surface area contributed by atoms with Crippen LogP contribution in [-0.4, -0.2) is 69.4 Å². The Morgan fingerprint density at radius 1 is 0.889 bits per heavy atom. The lowest BCUT2D eigenvalue weighted by Gasteiger charge is -2.43. The van der Waals surface area contributed by atoms with Crippen molar-refractivity contribution in [2.45, 2.75) is 82.3 Å². The zero-order valence-electron chi connectivity index (χ0n) is 26.6. The highest BCUT2D eigenvalue weighted by atomic mass is 16.2. The highest BCUT2D eigenvalue weighted by Gasteiger charge is 2.48. The molecule has 7 nitrogen and oxygen atoms in total. The van der Waals surface area contributed by atoms with Crippen LogP contribution in [-0.2, 0) is 5.41 Å². The zero-order valence-corrected chi connectivity index (χ0v) is 26.6. The summed E-state index contributed by atoms with van der Waals surface area (Å²) in [5, 5.41) is 2.94. The molecule has 7 rings (SSSR count). The minimum atomic E-state index is -0.172. The Hall–Kier alpha value is -3.97. The van der Waals surface area contributed by atoms with Crippen molar-refractivity contribution in [3.63, 3.8) is 0 Å². The number of imidazole rings is 1. The molecule has 3 saturated heterocycles. The van der Waals surface area contributed by atoms with E-state index in [1.54, 1.807) is 12.1 Å². The third-order valence-electron chi connectivity index (χ3n) is 10.9. The van der Waals surface area contributed by atoms with Gasteiger partial charge < -0.3 is 14.8 Å². The van der Waals surface area contributed by atoms with Crippen LogP contribution in [0.15, 0.2) is 78.9 Å². The summed E-state index contributed by atoms with van der Waals surface area (Å²) >= 11 is 0. The summed E-state index contributed by atoms with van der Waals surface area (Å²) in [6.07, 6.45) is 7.49. The number of hydrogen-bond acceptors (Lipinski definition) is 4. The molecule has 0 aliphatic carbocycles. The van der Waals surface area contributed by atoms with Gasteiger partial charge in [0.15, 0.2) is 0 Å². The molecule has 0 spiro atoms. The Bertz CT molecular complexity index is 1670. The predicted octanol–water partition coefficient (Wildman–Crippen LogP) is 6.53. The van der Waals surface area contributed by atoms with Crippen LogP contribution in [0.25, 0.3) is 11.0 Å². The minimum absolute atomic E-state index is 0.0191. The third kappa shape index (κ3) is 5.45. The van der Waals surface area contributed by atoms with Crippen LogP contribution in [0, 0.1) is 6.92 Å². The van der Waals surface area contributed by atoms with E-state index in [0.29, 0.717) is 48.9 Å². The summed E-state index contributed by atoms with van der Waals surface area (Å²) in [7, 11) is 0. The number of para-hydroxylation sites is 2. The molecular weight excluding hydrogens is 558 g/mol. The number of carbonyl (C=O) groups excluding carboxylic acids is 2. The van der Waals surface area contributed by atoms with E-state index in [4.69, 9.17) is 4.98 Å². The summed E-state index contributed by atoms with van der Waals surface area (Å²) in [4.78, 5) is 36.3. The monoisotopic (exact) mass is 603 g/mol. The number of benzene rings is 3. The number of likely N-dealkylation sites (tertiary alicyclic amines) is 1. The van der Waals surface area contributed by atoms with Crippen LogP contribution in [0.4, 0.5) is 0 Å². The van der Waals surface area contributed by atoms with Gasteiger partial charge in [-0.3, -0.25) is 14.5 Å². The molecule has 2 amide bonds. The molecule has 2 bridgehead atoms. The van der Waals surface area contributed by atoms with E-state index in [-0.39, 0.29) is 17.2 Å². The molecule has 3 atom stereocenters. The first-order valence-corrected chi connectivity index (χ1v) is 16.9. The lowest BCUT2D eigenvalue weighted by molar-refractivity contribution is 0.0641. The Balaban J connectivity index is 1.08. The maximum atomic E-state index is 13.8. The van der Waals surface area contributed by atoms with Crippen LogP contribution in [0.3, 0.4) is 0 Å². The summed E-state index contributed by atoms with van der Waals surface area (Å²) in [5.41, 5.74) is 4.73. The molecule has 3 aliphatic rings. The van der Waals surface area contributed by atoms with Crippen LogP contribution in [0.5, 0.6) is 0 Å². The molecule has 4 aromatic rings. The molecule has 3 unspecified atom stereocenters. The second kappa shape index (κ2) is 12.4. The second-order valence-corrected chi connectivity index (χ2v) is 13.3. The molecule has 7 heteroatoms. The number of hydrogen-bond donors (Lipinski definition) is 1. The van der Waals surface area contributed by atoms with Gasteiger partial charge in [0.25, 0.3) is 11.8 Å². The highest BCUT2D eigenvalue weighted by Crippen LogP contribution is 2.47. The fourth-order valence-corrected chi connectivity index (χ4v) is 8.60. The van der Waals surface area contributed by atoms with Gasteiger partial charge in [0.1, 0.15) is 5.82 Å².